The lowest BCUT2D eigenvalue weighted by atomic mass is 10.0. The van der Waals surface area contributed by atoms with Crippen molar-refractivity contribution in [2.45, 2.75) is 39.0 Å². The van der Waals surface area contributed by atoms with Gasteiger partial charge < -0.3 is 15.5 Å². The van der Waals surface area contributed by atoms with Gasteiger partial charge in [0.1, 0.15) is 5.75 Å². The molecule has 0 spiro atoms. The molecule has 0 radical (unpaired) electrons. The number of hydrogen-bond acceptors (Lipinski definition) is 4. The van der Waals surface area contributed by atoms with Crippen molar-refractivity contribution in [1.82, 2.24) is 0 Å². The molecule has 0 aliphatic carbocycles. The highest BCUT2D eigenvalue weighted by atomic mass is 32.2. The number of carboxylic acid groups (broad SMARTS) is 1. The molecule has 30 heavy (non-hydrogen) atoms. The molecule has 3 N–H and O–H groups in total. The number of hydrogen-bond donors (Lipinski definition) is 3. The topological polar surface area (TPSA) is 86.6 Å². The quantitative estimate of drug-likeness (QED) is 0.421. The first-order chi connectivity index (χ1) is 14.4. The number of aromatic hydroxyl groups is 1. The lowest BCUT2D eigenvalue weighted by molar-refractivity contribution is -0.136. The largest absolute Gasteiger partial charge is 0.506 e. The van der Waals surface area contributed by atoms with Gasteiger partial charge in [-0.3, -0.25) is 9.59 Å². The fourth-order valence-electron chi connectivity index (χ4n) is 2.93. The lowest BCUT2D eigenvalue weighted by Gasteiger charge is -2.14. The van der Waals surface area contributed by atoms with Crippen LogP contribution in [0.5, 0.6) is 5.75 Å². The third-order valence-corrected chi connectivity index (χ3v) is 5.49. The molecule has 1 amide bonds. The van der Waals surface area contributed by atoms with Crippen LogP contribution in [0.1, 0.15) is 41.8 Å². The molecule has 6 heteroatoms. The molecule has 0 heterocycles. The molecule has 0 unspecified atom stereocenters. The second-order valence-corrected chi connectivity index (χ2v) is 7.72. The molecular weight excluding hydrogens is 398 g/mol. The van der Waals surface area contributed by atoms with Crippen LogP contribution in [-0.2, 0) is 4.79 Å². The van der Waals surface area contributed by atoms with Gasteiger partial charge in [-0.1, -0.05) is 50.2 Å². The number of fused-ring (bicyclic) bond motifs is 1. The SMILES string of the molecule is CC.Cc1ccc(C)c(NC(=O)c2cc(SCCC(=O)O)c3ccccc3c2O)c1. The van der Waals surface area contributed by atoms with Crippen molar-refractivity contribution in [3.05, 3.63) is 65.2 Å². The Morgan fingerprint density at radius 2 is 1.67 bits per heavy atom. The van der Waals surface area contributed by atoms with Crippen LogP contribution in [0.3, 0.4) is 0 Å². The number of carbonyl (C=O) groups excluding carboxylic acids is 1. The Morgan fingerprint density at radius 1 is 1.00 bits per heavy atom. The highest BCUT2D eigenvalue weighted by Gasteiger charge is 2.18. The van der Waals surface area contributed by atoms with Crippen LogP contribution >= 0.6 is 11.8 Å². The predicted molar refractivity (Wildman–Crippen MR) is 124 cm³/mol. The molecule has 0 aliphatic rings. The zero-order chi connectivity index (χ0) is 22.3. The van der Waals surface area contributed by atoms with E-state index in [-0.39, 0.29) is 17.7 Å². The maximum Gasteiger partial charge on any atom is 0.304 e. The van der Waals surface area contributed by atoms with Gasteiger partial charge in [0.05, 0.1) is 12.0 Å². The number of carbonyl (C=O) groups is 2. The molecule has 0 saturated heterocycles. The average Bonchev–Trinajstić information content (AvgIpc) is 2.73. The fraction of sp³-hybridized carbons (Fsp3) is 0.250. The van der Waals surface area contributed by atoms with E-state index in [1.807, 2.05) is 58.0 Å². The first kappa shape index (κ1) is 23.3. The number of phenols is 1. The van der Waals surface area contributed by atoms with Crippen molar-refractivity contribution in [1.29, 1.82) is 0 Å². The summed E-state index contributed by atoms with van der Waals surface area (Å²) in [6.07, 6.45) is 0.0177. The molecule has 5 nitrogen and oxygen atoms in total. The number of phenolic OH excluding ortho intramolecular Hbond substituents is 1. The normalized spacial score (nSPS) is 10.3. The number of rotatable bonds is 6. The number of carboxylic acids is 1. The Balaban J connectivity index is 0.00000155. The Labute approximate surface area is 181 Å². The summed E-state index contributed by atoms with van der Waals surface area (Å²) in [4.78, 5) is 24.5. The number of thioether (sulfide) groups is 1. The summed E-state index contributed by atoms with van der Waals surface area (Å²) in [5, 5.41) is 23.8. The fourth-order valence-corrected chi connectivity index (χ4v) is 3.96. The minimum Gasteiger partial charge on any atom is -0.506 e. The molecule has 0 aliphatic heterocycles. The molecule has 0 bridgehead atoms. The summed E-state index contributed by atoms with van der Waals surface area (Å²) in [5.41, 5.74) is 2.80. The van der Waals surface area contributed by atoms with Crippen LogP contribution in [0.15, 0.2) is 53.4 Å². The highest BCUT2D eigenvalue weighted by molar-refractivity contribution is 7.99. The van der Waals surface area contributed by atoms with Crippen molar-refractivity contribution in [2.24, 2.45) is 0 Å². The summed E-state index contributed by atoms with van der Waals surface area (Å²) in [6.45, 7) is 7.85. The average molecular weight is 426 g/mol. The monoisotopic (exact) mass is 425 g/mol. The van der Waals surface area contributed by atoms with Crippen LogP contribution in [0.4, 0.5) is 5.69 Å². The Bertz CT molecular complexity index is 1060. The summed E-state index contributed by atoms with van der Waals surface area (Å²) in [6, 6.07) is 14.6. The number of anilines is 1. The summed E-state index contributed by atoms with van der Waals surface area (Å²) < 4.78 is 0. The molecule has 0 fully saturated rings. The summed E-state index contributed by atoms with van der Waals surface area (Å²) >= 11 is 1.36. The van der Waals surface area contributed by atoms with Crippen LogP contribution in [0.25, 0.3) is 10.8 Å². The molecule has 0 atom stereocenters. The first-order valence-electron chi connectivity index (χ1n) is 9.84. The lowest BCUT2D eigenvalue weighted by Crippen LogP contribution is -2.13. The maximum atomic E-state index is 12.9. The zero-order valence-corrected chi connectivity index (χ0v) is 18.5. The standard InChI is InChI=1S/C22H21NO4S.C2H6/c1-13-7-8-14(2)18(11-13)23-22(27)17-12-19(28-10-9-20(24)25)15-5-3-4-6-16(15)21(17)26;1-2/h3-8,11-12,26H,9-10H2,1-2H3,(H,23,27)(H,24,25);1-2H3. The van der Waals surface area contributed by atoms with E-state index in [0.29, 0.717) is 16.8 Å². The molecule has 0 aromatic heterocycles. The van der Waals surface area contributed by atoms with Crippen molar-refractivity contribution < 1.29 is 19.8 Å². The highest BCUT2D eigenvalue weighted by Crippen LogP contribution is 2.37. The van der Waals surface area contributed by atoms with Gasteiger partial charge >= 0.3 is 5.97 Å². The Hall–Kier alpha value is -2.99. The molecule has 158 valence electrons. The van der Waals surface area contributed by atoms with Crippen LogP contribution < -0.4 is 5.32 Å². The molecule has 3 rings (SSSR count). The van der Waals surface area contributed by atoms with E-state index in [9.17, 15) is 14.7 Å². The van der Waals surface area contributed by atoms with Gasteiger partial charge in [-0.15, -0.1) is 11.8 Å². The van der Waals surface area contributed by atoms with Gasteiger partial charge in [0.25, 0.3) is 5.91 Å². The van der Waals surface area contributed by atoms with Crippen LogP contribution in [0.2, 0.25) is 0 Å². The van der Waals surface area contributed by atoms with Gasteiger partial charge in [-0.05, 0) is 42.5 Å². The summed E-state index contributed by atoms with van der Waals surface area (Å²) in [7, 11) is 0. The van der Waals surface area contributed by atoms with Gasteiger partial charge in [-0.2, -0.15) is 0 Å². The van der Waals surface area contributed by atoms with Gasteiger partial charge in [0.2, 0.25) is 0 Å². The first-order valence-corrected chi connectivity index (χ1v) is 10.8. The van der Waals surface area contributed by atoms with Crippen molar-refractivity contribution in [3.63, 3.8) is 0 Å². The minimum absolute atomic E-state index is 0.0177. The Morgan fingerprint density at radius 3 is 2.33 bits per heavy atom. The van der Waals surface area contributed by atoms with Gasteiger partial charge in [0.15, 0.2) is 0 Å². The maximum absolute atomic E-state index is 12.9. The number of nitrogens with one attached hydrogen (secondary N) is 1. The van der Waals surface area contributed by atoms with Gasteiger partial charge in [-0.25, -0.2) is 0 Å². The number of aryl methyl sites for hydroxylation is 2. The molecule has 0 saturated carbocycles. The Kier molecular flexibility index (Phi) is 8.30. The van der Waals surface area contributed by atoms with E-state index in [4.69, 9.17) is 5.11 Å². The third kappa shape index (κ3) is 5.54. The molecule has 3 aromatic carbocycles. The smallest absolute Gasteiger partial charge is 0.304 e. The van der Waals surface area contributed by atoms with E-state index in [2.05, 4.69) is 5.32 Å². The van der Waals surface area contributed by atoms with E-state index >= 15 is 0 Å². The van der Waals surface area contributed by atoms with Crippen LogP contribution in [0, 0.1) is 13.8 Å². The number of amides is 1. The van der Waals surface area contributed by atoms with E-state index < -0.39 is 11.9 Å². The van der Waals surface area contributed by atoms with Crippen molar-refractivity contribution in [3.8, 4) is 5.75 Å². The summed E-state index contributed by atoms with van der Waals surface area (Å²) in [5.74, 6) is -0.983. The second kappa shape index (κ2) is 10.7. The van der Waals surface area contributed by atoms with Crippen molar-refractivity contribution >= 4 is 40.1 Å². The predicted octanol–water partition coefficient (Wildman–Crippen LogP) is 6.01. The van der Waals surface area contributed by atoms with Crippen molar-refractivity contribution in [2.75, 3.05) is 11.1 Å². The zero-order valence-electron chi connectivity index (χ0n) is 17.7. The third-order valence-electron chi connectivity index (χ3n) is 4.44. The molecule has 3 aromatic rings. The van der Waals surface area contributed by atoms with E-state index in [0.717, 1.165) is 21.4 Å². The number of benzene rings is 3. The second-order valence-electron chi connectivity index (χ2n) is 6.58. The molecular formula is C24H27NO4S. The van der Waals surface area contributed by atoms with Crippen LogP contribution in [-0.4, -0.2) is 27.8 Å². The van der Waals surface area contributed by atoms with Gasteiger partial charge in [0, 0.05) is 21.7 Å². The van der Waals surface area contributed by atoms with E-state index in [1.165, 1.54) is 11.8 Å². The minimum atomic E-state index is -0.872. The number of aliphatic carboxylic acids is 1. The van der Waals surface area contributed by atoms with E-state index in [1.54, 1.807) is 18.2 Å².